The highest BCUT2D eigenvalue weighted by molar-refractivity contribution is 8.00. The van der Waals surface area contributed by atoms with Gasteiger partial charge in [0.2, 0.25) is 0 Å². The molecule has 2 unspecified atom stereocenters. The van der Waals surface area contributed by atoms with Gasteiger partial charge in [-0.15, -0.1) is 0 Å². The van der Waals surface area contributed by atoms with Crippen molar-refractivity contribution < 1.29 is 14.6 Å². The Balaban J connectivity index is 1.87. The molecule has 0 aromatic heterocycles. The fraction of sp³-hybridized carbons (Fsp3) is 1.00. The molecule has 1 rings (SSSR count). The van der Waals surface area contributed by atoms with Crippen molar-refractivity contribution in [1.82, 2.24) is 5.32 Å². The first kappa shape index (κ1) is 14.3. The van der Waals surface area contributed by atoms with Crippen LogP contribution in [0.3, 0.4) is 0 Å². The summed E-state index contributed by atoms with van der Waals surface area (Å²) < 4.78 is 10.1. The average Bonchev–Trinajstić information content (AvgIpc) is 2.77. The second kappa shape index (κ2) is 9.24. The Morgan fingerprint density at radius 1 is 1.50 bits per heavy atom. The van der Waals surface area contributed by atoms with E-state index in [9.17, 15) is 5.11 Å². The van der Waals surface area contributed by atoms with E-state index in [0.717, 1.165) is 11.8 Å². The van der Waals surface area contributed by atoms with Gasteiger partial charge in [-0.2, -0.15) is 11.8 Å². The lowest BCUT2D eigenvalue weighted by Gasteiger charge is -2.14. The smallest absolute Gasteiger partial charge is 0.0897 e. The molecule has 1 fully saturated rings. The van der Waals surface area contributed by atoms with Gasteiger partial charge in [-0.1, -0.05) is 0 Å². The van der Waals surface area contributed by atoms with Gasteiger partial charge in [-0.3, -0.25) is 0 Å². The maximum atomic E-state index is 9.59. The molecule has 1 aliphatic rings. The van der Waals surface area contributed by atoms with E-state index in [1.165, 1.54) is 18.6 Å². The number of hydrogen-bond acceptors (Lipinski definition) is 5. The van der Waals surface area contributed by atoms with E-state index < -0.39 is 6.10 Å². The minimum atomic E-state index is -0.414. The van der Waals surface area contributed by atoms with Crippen LogP contribution in [0.4, 0.5) is 0 Å². The zero-order valence-corrected chi connectivity index (χ0v) is 10.8. The van der Waals surface area contributed by atoms with Crippen LogP contribution in [0.1, 0.15) is 12.8 Å². The largest absolute Gasteiger partial charge is 0.389 e. The summed E-state index contributed by atoms with van der Waals surface area (Å²) in [5, 5.41) is 13.6. The zero-order chi connectivity index (χ0) is 11.6. The van der Waals surface area contributed by atoms with Crippen molar-refractivity contribution >= 4 is 11.8 Å². The molecular weight excluding hydrogens is 226 g/mol. The Kier molecular flexibility index (Phi) is 8.23. The van der Waals surface area contributed by atoms with Gasteiger partial charge in [-0.25, -0.2) is 0 Å². The summed E-state index contributed by atoms with van der Waals surface area (Å²) in [7, 11) is 1.64. The van der Waals surface area contributed by atoms with Gasteiger partial charge >= 0.3 is 0 Å². The molecule has 16 heavy (non-hydrogen) atoms. The van der Waals surface area contributed by atoms with Gasteiger partial charge in [0, 0.05) is 25.4 Å². The summed E-state index contributed by atoms with van der Waals surface area (Å²) in [6.45, 7) is 3.13. The molecule has 0 aliphatic carbocycles. The third-order valence-electron chi connectivity index (χ3n) is 2.52. The maximum Gasteiger partial charge on any atom is 0.0897 e. The van der Waals surface area contributed by atoms with Crippen molar-refractivity contribution in [3.05, 3.63) is 0 Å². The van der Waals surface area contributed by atoms with Crippen LogP contribution in [0.2, 0.25) is 0 Å². The van der Waals surface area contributed by atoms with Crippen LogP contribution < -0.4 is 5.32 Å². The molecule has 4 nitrogen and oxygen atoms in total. The molecule has 2 N–H and O–H groups in total. The van der Waals surface area contributed by atoms with E-state index in [4.69, 9.17) is 9.47 Å². The third kappa shape index (κ3) is 6.70. The summed E-state index contributed by atoms with van der Waals surface area (Å²) in [5.74, 6) is 1.29. The molecule has 0 bridgehead atoms. The minimum absolute atomic E-state index is 0.383. The van der Waals surface area contributed by atoms with Crippen molar-refractivity contribution in [3.8, 4) is 0 Å². The van der Waals surface area contributed by atoms with Crippen LogP contribution in [0.15, 0.2) is 0 Å². The average molecular weight is 249 g/mol. The van der Waals surface area contributed by atoms with Gasteiger partial charge in [-0.05, 0) is 18.6 Å². The number of aliphatic hydroxyl groups excluding tert-OH is 1. The number of aliphatic hydroxyl groups is 1. The van der Waals surface area contributed by atoms with Gasteiger partial charge in [0.1, 0.15) is 0 Å². The van der Waals surface area contributed by atoms with Crippen molar-refractivity contribution in [2.24, 2.45) is 0 Å². The zero-order valence-electron chi connectivity index (χ0n) is 9.98. The van der Waals surface area contributed by atoms with E-state index in [1.807, 2.05) is 11.8 Å². The Morgan fingerprint density at radius 2 is 2.38 bits per heavy atom. The molecule has 0 saturated carbocycles. The number of nitrogens with one attached hydrogen (secondary N) is 1. The lowest BCUT2D eigenvalue weighted by molar-refractivity contribution is 0.0139. The Labute approximate surface area is 102 Å². The van der Waals surface area contributed by atoms with E-state index in [-0.39, 0.29) is 0 Å². The standard InChI is InChI=1S/C11H23NO3S/c1-14-4-5-15-9-10(13)7-12-8-11-3-2-6-16-11/h10-13H,2-9H2,1H3. The molecular formula is C11H23NO3S. The monoisotopic (exact) mass is 249 g/mol. The van der Waals surface area contributed by atoms with Crippen LogP contribution in [0.5, 0.6) is 0 Å². The number of ether oxygens (including phenoxy) is 2. The fourth-order valence-corrected chi connectivity index (χ4v) is 2.87. The summed E-state index contributed by atoms with van der Waals surface area (Å²) in [6.07, 6.45) is 2.22. The van der Waals surface area contributed by atoms with Crippen molar-refractivity contribution in [1.29, 1.82) is 0 Å². The van der Waals surface area contributed by atoms with Crippen LogP contribution in [0, 0.1) is 0 Å². The lowest BCUT2D eigenvalue weighted by Crippen LogP contribution is -2.34. The van der Waals surface area contributed by atoms with Crippen LogP contribution in [-0.4, -0.2) is 62.2 Å². The molecule has 0 amide bonds. The summed E-state index contributed by atoms with van der Waals surface area (Å²) in [5.41, 5.74) is 0. The van der Waals surface area contributed by atoms with Gasteiger partial charge < -0.3 is 19.9 Å². The first-order valence-corrected chi connectivity index (χ1v) is 6.95. The highest BCUT2D eigenvalue weighted by atomic mass is 32.2. The predicted octanol–water partition coefficient (Wildman–Crippen LogP) is 0.496. The number of hydrogen-bond donors (Lipinski definition) is 2. The van der Waals surface area contributed by atoms with E-state index in [1.54, 1.807) is 7.11 Å². The van der Waals surface area contributed by atoms with Gasteiger partial charge in [0.15, 0.2) is 0 Å². The van der Waals surface area contributed by atoms with Crippen LogP contribution in [-0.2, 0) is 9.47 Å². The van der Waals surface area contributed by atoms with Crippen LogP contribution in [0.25, 0.3) is 0 Å². The summed E-state index contributed by atoms with van der Waals surface area (Å²) in [4.78, 5) is 0. The fourth-order valence-electron chi connectivity index (χ4n) is 1.64. The lowest BCUT2D eigenvalue weighted by atomic mass is 10.2. The Bertz CT molecular complexity index is 165. The number of methoxy groups -OCH3 is 1. The molecule has 1 saturated heterocycles. The highest BCUT2D eigenvalue weighted by Crippen LogP contribution is 2.25. The molecule has 0 spiro atoms. The predicted molar refractivity (Wildman–Crippen MR) is 67.1 cm³/mol. The Hall–Kier alpha value is 0.190. The van der Waals surface area contributed by atoms with Gasteiger partial charge in [0.05, 0.1) is 25.9 Å². The summed E-state index contributed by atoms with van der Waals surface area (Å²) in [6, 6.07) is 0. The van der Waals surface area contributed by atoms with Crippen molar-refractivity contribution in [2.75, 3.05) is 45.8 Å². The van der Waals surface area contributed by atoms with E-state index in [2.05, 4.69) is 5.32 Å². The minimum Gasteiger partial charge on any atom is -0.389 e. The number of rotatable bonds is 9. The highest BCUT2D eigenvalue weighted by Gasteiger charge is 2.15. The molecule has 2 atom stereocenters. The molecule has 5 heteroatoms. The second-order valence-corrected chi connectivity index (χ2v) is 5.42. The molecule has 1 aliphatic heterocycles. The first-order chi connectivity index (χ1) is 7.83. The van der Waals surface area contributed by atoms with Crippen LogP contribution >= 0.6 is 11.8 Å². The van der Waals surface area contributed by atoms with Gasteiger partial charge in [0.25, 0.3) is 0 Å². The first-order valence-electron chi connectivity index (χ1n) is 5.90. The summed E-state index contributed by atoms with van der Waals surface area (Å²) >= 11 is 2.03. The molecule has 1 heterocycles. The van der Waals surface area contributed by atoms with E-state index in [0.29, 0.717) is 26.4 Å². The normalized spacial score (nSPS) is 22.5. The molecule has 0 aromatic rings. The van der Waals surface area contributed by atoms with Crippen molar-refractivity contribution in [3.63, 3.8) is 0 Å². The van der Waals surface area contributed by atoms with Crippen molar-refractivity contribution in [2.45, 2.75) is 24.2 Å². The SMILES string of the molecule is COCCOCC(O)CNCC1CCCS1. The number of thioether (sulfide) groups is 1. The molecule has 96 valence electrons. The quantitative estimate of drug-likeness (QED) is 0.583. The molecule has 0 aromatic carbocycles. The third-order valence-corrected chi connectivity index (χ3v) is 3.92. The molecule has 0 radical (unpaired) electrons. The second-order valence-electron chi connectivity index (χ2n) is 4.01. The van der Waals surface area contributed by atoms with E-state index >= 15 is 0 Å². The Morgan fingerprint density at radius 3 is 3.06 bits per heavy atom. The topological polar surface area (TPSA) is 50.7 Å². The maximum absolute atomic E-state index is 9.59.